The van der Waals surface area contributed by atoms with Gasteiger partial charge in [-0.05, 0) is 284 Å². The van der Waals surface area contributed by atoms with E-state index in [9.17, 15) is 0 Å². The first kappa shape index (κ1) is 60.2. The second kappa shape index (κ2) is 28.4. The predicted octanol–water partition coefficient (Wildman–Crippen LogP) is 27.0. The van der Waals surface area contributed by atoms with Gasteiger partial charge < -0.3 is 4.90 Å². The fourth-order valence-electron chi connectivity index (χ4n) is 14.9. The minimum Gasteiger partial charge on any atom is -0.311 e. The Balaban J connectivity index is 0.790. The molecule has 3 fully saturated rings. The van der Waals surface area contributed by atoms with Crippen LogP contribution >= 0.6 is 0 Å². The molecule has 11 aromatic rings. The molecule has 0 heterocycles. The maximum absolute atomic E-state index is 2.57. The third kappa shape index (κ3) is 14.3. The lowest BCUT2D eigenvalue weighted by atomic mass is 9.86. The predicted molar refractivity (Wildman–Crippen MR) is 403 cm³/mol. The van der Waals surface area contributed by atoms with E-state index < -0.39 is 0 Å². The molecule has 11 aromatic carbocycles. The van der Waals surface area contributed by atoms with Gasteiger partial charge in [0.2, 0.25) is 0 Å². The van der Waals surface area contributed by atoms with Gasteiger partial charge in [0.15, 0.2) is 0 Å². The molecular formula is C93H83N. The lowest BCUT2D eigenvalue weighted by molar-refractivity contribution is 0.418. The van der Waals surface area contributed by atoms with E-state index in [1.807, 2.05) is 0 Å². The summed E-state index contributed by atoms with van der Waals surface area (Å²) in [5, 5.41) is 0. The molecule has 0 amide bonds. The molecule has 3 saturated carbocycles. The van der Waals surface area contributed by atoms with Crippen molar-refractivity contribution in [3.8, 4) is 89.0 Å². The molecule has 1 nitrogen and oxygen atoms in total. The van der Waals surface area contributed by atoms with Crippen molar-refractivity contribution >= 4 is 34.8 Å². The summed E-state index contributed by atoms with van der Waals surface area (Å²) in [5.74, 6) is 0.716. The van der Waals surface area contributed by atoms with Crippen LogP contribution in [0.2, 0.25) is 0 Å². The Labute approximate surface area is 558 Å². The number of hydrogen-bond donors (Lipinski definition) is 0. The molecule has 15 rings (SSSR count). The topological polar surface area (TPSA) is 3.24 Å². The van der Waals surface area contributed by atoms with E-state index >= 15 is 0 Å². The molecule has 0 spiro atoms. The quantitative estimate of drug-likeness (QED) is 0.0989. The number of benzene rings is 11. The van der Waals surface area contributed by atoms with Crippen molar-refractivity contribution in [2.45, 2.75) is 103 Å². The first-order chi connectivity index (χ1) is 46.5. The minimum atomic E-state index is 0.716. The molecule has 0 aromatic heterocycles. The van der Waals surface area contributed by atoms with E-state index in [1.165, 1.54) is 213 Å². The van der Waals surface area contributed by atoms with Crippen LogP contribution in [-0.4, -0.2) is 0 Å². The van der Waals surface area contributed by atoms with Gasteiger partial charge in [-0.25, -0.2) is 0 Å². The van der Waals surface area contributed by atoms with Crippen LogP contribution in [0, 0.1) is 5.92 Å². The summed E-state index contributed by atoms with van der Waals surface area (Å²) < 4.78 is 0. The van der Waals surface area contributed by atoms with Crippen molar-refractivity contribution in [1.29, 1.82) is 0 Å². The van der Waals surface area contributed by atoms with Crippen molar-refractivity contribution in [3.05, 3.63) is 325 Å². The van der Waals surface area contributed by atoms with E-state index in [0.717, 1.165) is 23.5 Å². The Morgan fingerprint density at radius 3 is 0.883 bits per heavy atom. The normalized spacial score (nSPS) is 15.6. The van der Waals surface area contributed by atoms with E-state index in [0.29, 0.717) is 5.92 Å². The average Bonchev–Trinajstić information content (AvgIpc) is 0.835. The highest BCUT2D eigenvalue weighted by Gasteiger charge is 2.19. The highest BCUT2D eigenvalue weighted by molar-refractivity contribution is 5.88. The second-order valence-corrected chi connectivity index (χ2v) is 26.8. The molecule has 0 atom stereocenters. The Kier molecular flexibility index (Phi) is 18.2. The zero-order chi connectivity index (χ0) is 62.8. The number of rotatable bonds is 15. The van der Waals surface area contributed by atoms with Gasteiger partial charge in [0.05, 0.1) is 0 Å². The van der Waals surface area contributed by atoms with Crippen LogP contribution in [0.15, 0.2) is 308 Å². The largest absolute Gasteiger partial charge is 0.311 e. The molecular weight excluding hydrogens is 1130 g/mol. The van der Waals surface area contributed by atoms with Gasteiger partial charge in [-0.15, -0.1) is 0 Å². The number of hydrogen-bond acceptors (Lipinski definition) is 1. The van der Waals surface area contributed by atoms with Crippen molar-refractivity contribution < 1.29 is 0 Å². The summed E-state index contributed by atoms with van der Waals surface area (Å²) >= 11 is 0. The highest BCUT2D eigenvalue weighted by atomic mass is 15.1. The summed E-state index contributed by atoms with van der Waals surface area (Å²) in [6.45, 7) is 0. The maximum Gasteiger partial charge on any atom is 0.0462 e. The first-order valence-electron chi connectivity index (χ1n) is 34.9. The maximum atomic E-state index is 2.57. The monoisotopic (exact) mass is 1210 g/mol. The van der Waals surface area contributed by atoms with Crippen molar-refractivity contribution in [2.75, 3.05) is 4.90 Å². The van der Waals surface area contributed by atoms with E-state index in [2.05, 4.69) is 308 Å². The van der Waals surface area contributed by atoms with Crippen LogP contribution in [0.5, 0.6) is 0 Å². The van der Waals surface area contributed by atoms with Gasteiger partial charge in [-0.3, -0.25) is 0 Å². The molecule has 0 radical (unpaired) electrons. The number of anilines is 3. The Morgan fingerprint density at radius 2 is 0.564 bits per heavy atom. The summed E-state index contributed by atoms with van der Waals surface area (Å²) in [4.78, 5) is 2.42. The molecule has 1 heteroatoms. The molecule has 4 aliphatic carbocycles. The molecule has 0 bridgehead atoms. The lowest BCUT2D eigenvalue weighted by Crippen LogP contribution is -2.09. The first-order valence-corrected chi connectivity index (χ1v) is 34.9. The third-order valence-corrected chi connectivity index (χ3v) is 20.2. The fourth-order valence-corrected chi connectivity index (χ4v) is 14.9. The summed E-state index contributed by atoms with van der Waals surface area (Å²) in [6.07, 6.45) is 35.2. The van der Waals surface area contributed by atoms with Crippen LogP contribution in [0.4, 0.5) is 17.1 Å². The minimum absolute atomic E-state index is 0.716. The van der Waals surface area contributed by atoms with Gasteiger partial charge in [-0.2, -0.15) is 0 Å². The molecule has 460 valence electrons. The summed E-state index contributed by atoms with van der Waals surface area (Å²) in [5.41, 5.74) is 32.3. The standard InChI is InChI=1S/C93H83N/c1-7-19-67(20-8-1)55-70-31-37-76(38-32-70)85-58-82(73-25-13-4-14-26-73)61-88(64-85)79-43-49-91(50-44-79)94(92-51-45-80(46-52-92)89-62-83(74-27-15-5-16-28-74)59-86(65-89)77-39-33-71(34-40-77)56-68-21-9-2-10-22-68)93-53-47-81(48-54-93)90-63-84(75-29-17-6-18-30-75)60-87(66-90)78-41-35-72(36-42-78)57-69-23-11-3-12-24-69/h4-6,13-18,25-35,37-66,69H,1-3,7-12,19-24,36H2. The molecule has 94 heavy (non-hydrogen) atoms. The van der Waals surface area contributed by atoms with Gasteiger partial charge in [0, 0.05) is 17.1 Å². The van der Waals surface area contributed by atoms with Gasteiger partial charge >= 0.3 is 0 Å². The molecule has 0 aliphatic heterocycles. The SMILES string of the molecule is C1=CC(c2cc(-c3ccccc3)cc(-c3ccc(N(c4ccc(-c5cc(-c6ccccc6)cc(-c6ccc(C=C7CCCCC7)cc6)c5)cc4)c4ccc(-c5cc(-c6ccccc6)cc(-c6ccc(C=C7CCCCC7)cc6)c5)cc4)cc3)c2)=CCC1=CC1CCCCC1. The van der Waals surface area contributed by atoms with Crippen LogP contribution in [-0.2, 0) is 0 Å². The van der Waals surface area contributed by atoms with Crippen LogP contribution in [0.1, 0.15) is 119 Å². The smallest absolute Gasteiger partial charge is 0.0462 e. The molecule has 0 unspecified atom stereocenters. The number of nitrogens with zero attached hydrogens (tertiary/aromatic N) is 1. The van der Waals surface area contributed by atoms with E-state index in [-0.39, 0.29) is 0 Å². The van der Waals surface area contributed by atoms with Gasteiger partial charge in [0.1, 0.15) is 0 Å². The average molecular weight is 1210 g/mol. The summed E-state index contributed by atoms with van der Waals surface area (Å²) in [7, 11) is 0. The van der Waals surface area contributed by atoms with Gasteiger partial charge in [0.25, 0.3) is 0 Å². The molecule has 0 saturated heterocycles. The Bertz CT molecular complexity index is 4350. The fraction of sp³-hybridized carbons (Fsp3) is 0.183. The van der Waals surface area contributed by atoms with Crippen LogP contribution in [0.25, 0.3) is 107 Å². The van der Waals surface area contributed by atoms with Crippen molar-refractivity contribution in [2.24, 2.45) is 5.92 Å². The third-order valence-electron chi connectivity index (χ3n) is 20.2. The van der Waals surface area contributed by atoms with Crippen molar-refractivity contribution in [1.82, 2.24) is 0 Å². The molecule has 4 aliphatic rings. The Morgan fingerprint density at radius 1 is 0.266 bits per heavy atom. The van der Waals surface area contributed by atoms with E-state index in [4.69, 9.17) is 0 Å². The van der Waals surface area contributed by atoms with Crippen LogP contribution < -0.4 is 4.90 Å². The Hall–Kier alpha value is -10.1. The highest BCUT2D eigenvalue weighted by Crippen LogP contribution is 2.43. The van der Waals surface area contributed by atoms with Crippen LogP contribution in [0.3, 0.4) is 0 Å². The zero-order valence-electron chi connectivity index (χ0n) is 54.2. The van der Waals surface area contributed by atoms with Crippen molar-refractivity contribution in [3.63, 3.8) is 0 Å². The molecule has 0 N–H and O–H groups in total. The number of allylic oxidation sites excluding steroid dienone is 8. The van der Waals surface area contributed by atoms with Gasteiger partial charge in [-0.1, -0.05) is 256 Å². The van der Waals surface area contributed by atoms with E-state index in [1.54, 1.807) is 11.1 Å². The summed E-state index contributed by atoms with van der Waals surface area (Å²) in [6, 6.07) is 100. The zero-order valence-corrected chi connectivity index (χ0v) is 54.2. The lowest BCUT2D eigenvalue weighted by Gasteiger charge is -2.26. The second-order valence-electron chi connectivity index (χ2n) is 26.8.